The van der Waals surface area contributed by atoms with Crippen molar-refractivity contribution >= 4 is 5.65 Å². The molecule has 0 aromatic carbocycles. The van der Waals surface area contributed by atoms with Gasteiger partial charge in [-0.3, -0.25) is 0 Å². The number of fused-ring (bicyclic) bond motifs is 1. The van der Waals surface area contributed by atoms with Gasteiger partial charge in [-0.2, -0.15) is 14.7 Å². The van der Waals surface area contributed by atoms with Crippen molar-refractivity contribution in [3.8, 4) is 0 Å². The monoisotopic (exact) mass is 249 g/mol. The van der Waals surface area contributed by atoms with E-state index < -0.39 is 0 Å². The summed E-state index contributed by atoms with van der Waals surface area (Å²) in [4.78, 5) is 11.4. The maximum atomic E-state index is 11.4. The largest absolute Gasteiger partial charge is 0.364 e. The molecule has 0 spiro atoms. The summed E-state index contributed by atoms with van der Waals surface area (Å²) < 4.78 is 1.31. The van der Waals surface area contributed by atoms with Crippen molar-refractivity contribution in [3.63, 3.8) is 0 Å². The number of hydrogen-bond acceptors (Lipinski definition) is 4. The molecule has 0 saturated carbocycles. The molecular weight excluding hydrogens is 230 g/mol. The van der Waals surface area contributed by atoms with Crippen molar-refractivity contribution in [1.82, 2.24) is 25.1 Å². The standard InChI is InChI=1S/C12H19N5O/c1-3-7-13-9(4-2)8-10-5-6-11-14-15-12(18)17(11)16-10/h5-6,9,13H,3-4,7-8H2,1-2H3,(H,15,18). The molecule has 6 nitrogen and oxygen atoms in total. The minimum atomic E-state index is -0.290. The molecule has 0 aliphatic rings. The van der Waals surface area contributed by atoms with Gasteiger partial charge >= 0.3 is 5.69 Å². The van der Waals surface area contributed by atoms with Crippen LogP contribution in [0.25, 0.3) is 5.65 Å². The maximum Gasteiger partial charge on any atom is 0.364 e. The molecule has 2 heterocycles. The molecule has 2 N–H and O–H groups in total. The first-order chi connectivity index (χ1) is 8.74. The van der Waals surface area contributed by atoms with Crippen LogP contribution in [0.4, 0.5) is 0 Å². The van der Waals surface area contributed by atoms with E-state index in [4.69, 9.17) is 0 Å². The van der Waals surface area contributed by atoms with Gasteiger partial charge < -0.3 is 5.32 Å². The van der Waals surface area contributed by atoms with E-state index >= 15 is 0 Å². The molecule has 0 fully saturated rings. The van der Waals surface area contributed by atoms with Crippen LogP contribution in [0.15, 0.2) is 16.9 Å². The van der Waals surface area contributed by atoms with Gasteiger partial charge in [-0.05, 0) is 31.5 Å². The SMILES string of the molecule is CCCNC(CC)Cc1ccc2n[nH]c(=O)n2n1. The average molecular weight is 249 g/mol. The highest BCUT2D eigenvalue weighted by atomic mass is 16.2. The van der Waals surface area contributed by atoms with E-state index in [1.165, 1.54) is 4.52 Å². The fourth-order valence-electron chi connectivity index (χ4n) is 1.91. The van der Waals surface area contributed by atoms with Crippen LogP contribution in [0.5, 0.6) is 0 Å². The summed E-state index contributed by atoms with van der Waals surface area (Å²) >= 11 is 0. The van der Waals surface area contributed by atoms with E-state index in [0.717, 1.165) is 31.5 Å². The molecule has 6 heteroatoms. The van der Waals surface area contributed by atoms with Crippen molar-refractivity contribution in [2.45, 2.75) is 39.2 Å². The third-order valence-corrected chi connectivity index (χ3v) is 2.96. The lowest BCUT2D eigenvalue weighted by Crippen LogP contribution is -2.31. The number of aromatic nitrogens is 4. The molecule has 98 valence electrons. The fourth-order valence-corrected chi connectivity index (χ4v) is 1.91. The number of aromatic amines is 1. The molecule has 0 bridgehead atoms. The molecule has 1 unspecified atom stereocenters. The molecule has 0 radical (unpaired) electrons. The minimum absolute atomic E-state index is 0.290. The van der Waals surface area contributed by atoms with Gasteiger partial charge in [0, 0.05) is 12.5 Å². The van der Waals surface area contributed by atoms with Gasteiger partial charge in [0.25, 0.3) is 0 Å². The zero-order chi connectivity index (χ0) is 13.0. The first-order valence-corrected chi connectivity index (χ1v) is 6.41. The summed E-state index contributed by atoms with van der Waals surface area (Å²) in [5.74, 6) is 0. The molecule has 0 amide bonds. The van der Waals surface area contributed by atoms with E-state index in [-0.39, 0.29) is 5.69 Å². The molecule has 2 aromatic rings. The van der Waals surface area contributed by atoms with Crippen molar-refractivity contribution in [2.24, 2.45) is 0 Å². The van der Waals surface area contributed by atoms with Crippen molar-refractivity contribution in [1.29, 1.82) is 0 Å². The van der Waals surface area contributed by atoms with Crippen molar-refractivity contribution in [3.05, 3.63) is 28.3 Å². The number of H-pyrrole nitrogens is 1. The van der Waals surface area contributed by atoms with Crippen LogP contribution >= 0.6 is 0 Å². The summed E-state index contributed by atoms with van der Waals surface area (Å²) in [5.41, 5.74) is 1.17. The number of rotatable bonds is 6. The maximum absolute atomic E-state index is 11.4. The van der Waals surface area contributed by atoms with E-state index in [0.29, 0.717) is 11.7 Å². The van der Waals surface area contributed by atoms with Crippen molar-refractivity contribution in [2.75, 3.05) is 6.54 Å². The highest BCUT2D eigenvalue weighted by Gasteiger charge is 2.09. The van der Waals surface area contributed by atoms with Gasteiger partial charge in [-0.25, -0.2) is 9.89 Å². The summed E-state index contributed by atoms with van der Waals surface area (Å²) in [6.07, 6.45) is 2.98. The Labute approximate surface area is 105 Å². The second-order valence-corrected chi connectivity index (χ2v) is 4.39. The van der Waals surface area contributed by atoms with Crippen LogP contribution in [-0.4, -0.2) is 32.4 Å². The highest BCUT2D eigenvalue weighted by molar-refractivity contribution is 5.34. The molecule has 2 aromatic heterocycles. The third kappa shape index (κ3) is 2.76. The third-order valence-electron chi connectivity index (χ3n) is 2.96. The summed E-state index contributed by atoms with van der Waals surface area (Å²) in [6, 6.07) is 4.14. The first kappa shape index (κ1) is 12.8. The lowest BCUT2D eigenvalue weighted by Gasteiger charge is -2.15. The van der Waals surface area contributed by atoms with Crippen molar-refractivity contribution < 1.29 is 0 Å². The molecule has 0 saturated heterocycles. The van der Waals surface area contributed by atoms with E-state index in [1.807, 2.05) is 12.1 Å². The fraction of sp³-hybridized carbons (Fsp3) is 0.583. The topological polar surface area (TPSA) is 75.1 Å². The molecule has 2 rings (SSSR count). The van der Waals surface area contributed by atoms with Gasteiger partial charge in [0.1, 0.15) is 0 Å². The van der Waals surface area contributed by atoms with Crippen LogP contribution in [-0.2, 0) is 6.42 Å². The highest BCUT2D eigenvalue weighted by Crippen LogP contribution is 2.04. The second-order valence-electron chi connectivity index (χ2n) is 4.39. The van der Waals surface area contributed by atoms with Crippen LogP contribution < -0.4 is 11.0 Å². The molecule has 18 heavy (non-hydrogen) atoms. The second kappa shape index (κ2) is 5.77. The normalized spacial score (nSPS) is 13.0. The smallest absolute Gasteiger partial charge is 0.314 e. The first-order valence-electron chi connectivity index (χ1n) is 6.41. The number of nitrogens with zero attached hydrogens (tertiary/aromatic N) is 3. The quantitative estimate of drug-likeness (QED) is 0.791. The van der Waals surface area contributed by atoms with E-state index in [9.17, 15) is 4.79 Å². The Bertz CT molecular complexity index is 559. The van der Waals surface area contributed by atoms with E-state index in [2.05, 4.69) is 34.5 Å². The molecule has 0 aliphatic carbocycles. The van der Waals surface area contributed by atoms with Gasteiger partial charge in [-0.15, -0.1) is 0 Å². The van der Waals surface area contributed by atoms with Gasteiger partial charge in [-0.1, -0.05) is 13.8 Å². The Kier molecular flexibility index (Phi) is 4.09. The number of hydrogen-bond donors (Lipinski definition) is 2. The molecule has 0 aliphatic heterocycles. The Hall–Kier alpha value is -1.69. The zero-order valence-electron chi connectivity index (χ0n) is 10.8. The zero-order valence-corrected chi connectivity index (χ0v) is 10.8. The Morgan fingerprint density at radius 3 is 3.00 bits per heavy atom. The summed E-state index contributed by atoms with van der Waals surface area (Å²) in [6.45, 7) is 5.30. The van der Waals surface area contributed by atoms with Gasteiger partial charge in [0.15, 0.2) is 5.65 Å². The Balaban J connectivity index is 2.14. The van der Waals surface area contributed by atoms with E-state index in [1.54, 1.807) is 0 Å². The average Bonchev–Trinajstić information content (AvgIpc) is 2.76. The Morgan fingerprint density at radius 1 is 1.44 bits per heavy atom. The minimum Gasteiger partial charge on any atom is -0.314 e. The summed E-state index contributed by atoms with van der Waals surface area (Å²) in [7, 11) is 0. The van der Waals surface area contributed by atoms with Gasteiger partial charge in [0.05, 0.1) is 5.69 Å². The number of nitrogens with one attached hydrogen (secondary N) is 2. The van der Waals surface area contributed by atoms with Crippen LogP contribution in [0, 0.1) is 0 Å². The predicted octanol–water partition coefficient (Wildman–Crippen LogP) is 0.738. The van der Waals surface area contributed by atoms with Crippen LogP contribution in [0.2, 0.25) is 0 Å². The molecule has 1 atom stereocenters. The molecular formula is C12H19N5O. The van der Waals surface area contributed by atoms with Crippen LogP contribution in [0.1, 0.15) is 32.4 Å². The predicted molar refractivity (Wildman–Crippen MR) is 69.7 cm³/mol. The Morgan fingerprint density at radius 2 is 2.28 bits per heavy atom. The van der Waals surface area contributed by atoms with Crippen LogP contribution in [0.3, 0.4) is 0 Å². The lowest BCUT2D eigenvalue weighted by molar-refractivity contribution is 0.487. The lowest BCUT2D eigenvalue weighted by atomic mass is 10.1. The van der Waals surface area contributed by atoms with Gasteiger partial charge in [0.2, 0.25) is 0 Å². The summed E-state index contributed by atoms with van der Waals surface area (Å²) in [5, 5.41) is 14.0.